The number of sulfonamides is 1. The Hall–Kier alpha value is -2.10. The summed E-state index contributed by atoms with van der Waals surface area (Å²) >= 11 is 9.37. The van der Waals surface area contributed by atoms with E-state index in [1.54, 1.807) is 25.1 Å². The van der Waals surface area contributed by atoms with Gasteiger partial charge in [-0.05, 0) is 55.8 Å². The molecular weight excluding hydrogens is 484 g/mol. The van der Waals surface area contributed by atoms with Crippen LogP contribution in [-0.2, 0) is 19.6 Å². The highest BCUT2D eigenvalue weighted by atomic mass is 79.9. The van der Waals surface area contributed by atoms with Crippen molar-refractivity contribution in [2.45, 2.75) is 13.8 Å². The zero-order valence-electron chi connectivity index (χ0n) is 16.0. The lowest BCUT2D eigenvalue weighted by Gasteiger charge is -2.22. The van der Waals surface area contributed by atoms with E-state index >= 15 is 0 Å². The number of hydrogen-bond donors (Lipinski definition) is 1. The van der Waals surface area contributed by atoms with Gasteiger partial charge in [0, 0.05) is 10.2 Å². The molecule has 0 fully saturated rings. The molecule has 1 N–H and O–H groups in total. The van der Waals surface area contributed by atoms with Gasteiger partial charge < -0.3 is 10.1 Å². The Bertz CT molecular complexity index is 1040. The summed E-state index contributed by atoms with van der Waals surface area (Å²) in [7, 11) is -3.71. The average Bonchev–Trinajstić information content (AvgIpc) is 2.63. The standard InChI is InChI=1S/C19H20BrClN2O5S/c1-4-28-19(25)15-10-13(5-8-17(15)21)22-18(24)11-23(29(3,26)27)14-6-7-16(20)12(2)9-14/h5-10H,4,11H2,1-3H3,(H,22,24). The van der Waals surface area contributed by atoms with Gasteiger partial charge in [-0.2, -0.15) is 0 Å². The van der Waals surface area contributed by atoms with Crippen LogP contribution in [0.5, 0.6) is 0 Å². The number of ether oxygens (including phenoxy) is 1. The predicted octanol–water partition coefficient (Wildman–Crippen LogP) is 3.99. The fraction of sp³-hybridized carbons (Fsp3) is 0.263. The topological polar surface area (TPSA) is 92.8 Å². The highest BCUT2D eigenvalue weighted by molar-refractivity contribution is 9.10. The number of rotatable bonds is 7. The van der Waals surface area contributed by atoms with Crippen molar-refractivity contribution in [3.8, 4) is 0 Å². The van der Waals surface area contributed by atoms with Crippen molar-refractivity contribution < 1.29 is 22.7 Å². The fourth-order valence-electron chi connectivity index (χ4n) is 2.48. The molecule has 10 heteroatoms. The minimum Gasteiger partial charge on any atom is -0.462 e. The predicted molar refractivity (Wildman–Crippen MR) is 117 cm³/mol. The van der Waals surface area contributed by atoms with Crippen LogP contribution in [0.15, 0.2) is 40.9 Å². The molecule has 0 aromatic heterocycles. The van der Waals surface area contributed by atoms with Gasteiger partial charge in [0.25, 0.3) is 0 Å². The van der Waals surface area contributed by atoms with Gasteiger partial charge in [-0.3, -0.25) is 9.10 Å². The van der Waals surface area contributed by atoms with Crippen LogP contribution in [0.25, 0.3) is 0 Å². The van der Waals surface area contributed by atoms with Crippen LogP contribution in [0, 0.1) is 6.92 Å². The molecule has 156 valence electrons. The number of aryl methyl sites for hydroxylation is 1. The average molecular weight is 504 g/mol. The van der Waals surface area contributed by atoms with Crippen LogP contribution in [0.2, 0.25) is 5.02 Å². The molecule has 0 aliphatic rings. The minimum absolute atomic E-state index is 0.106. The van der Waals surface area contributed by atoms with Gasteiger partial charge >= 0.3 is 5.97 Å². The lowest BCUT2D eigenvalue weighted by atomic mass is 10.2. The number of carbonyl (C=O) groups excluding carboxylic acids is 2. The van der Waals surface area contributed by atoms with Crippen LogP contribution < -0.4 is 9.62 Å². The Balaban J connectivity index is 2.24. The van der Waals surface area contributed by atoms with Gasteiger partial charge in [-0.15, -0.1) is 0 Å². The number of halogens is 2. The molecule has 2 rings (SSSR count). The van der Waals surface area contributed by atoms with Crippen LogP contribution in [0.4, 0.5) is 11.4 Å². The molecule has 0 bridgehead atoms. The largest absolute Gasteiger partial charge is 0.462 e. The maximum atomic E-state index is 12.5. The monoisotopic (exact) mass is 502 g/mol. The van der Waals surface area contributed by atoms with Gasteiger partial charge in [0.05, 0.1) is 29.1 Å². The number of amides is 1. The Morgan fingerprint density at radius 1 is 1.21 bits per heavy atom. The quantitative estimate of drug-likeness (QED) is 0.577. The molecule has 0 spiro atoms. The van der Waals surface area contributed by atoms with Gasteiger partial charge in [-0.25, -0.2) is 13.2 Å². The third kappa shape index (κ3) is 6.19. The fourth-order valence-corrected chi connectivity index (χ4v) is 3.77. The SMILES string of the molecule is CCOC(=O)c1cc(NC(=O)CN(c2ccc(Br)c(C)c2)S(C)(=O)=O)ccc1Cl. The van der Waals surface area contributed by atoms with E-state index in [0.29, 0.717) is 11.4 Å². The number of benzene rings is 2. The number of hydrogen-bond acceptors (Lipinski definition) is 5. The zero-order chi connectivity index (χ0) is 21.8. The Morgan fingerprint density at radius 2 is 1.90 bits per heavy atom. The molecule has 1 amide bonds. The van der Waals surface area contributed by atoms with Crippen LogP contribution in [0.1, 0.15) is 22.8 Å². The molecule has 0 saturated heterocycles. The number of esters is 1. The van der Waals surface area contributed by atoms with Crippen molar-refractivity contribution >= 4 is 60.8 Å². The number of nitrogens with one attached hydrogen (secondary N) is 1. The second kappa shape index (κ2) is 9.60. The summed E-state index contributed by atoms with van der Waals surface area (Å²) in [5, 5.41) is 2.77. The molecule has 0 unspecified atom stereocenters. The second-order valence-corrected chi connectivity index (χ2v) is 9.33. The van der Waals surface area contributed by atoms with Crippen LogP contribution in [0.3, 0.4) is 0 Å². The summed E-state index contributed by atoms with van der Waals surface area (Å²) in [4.78, 5) is 24.5. The molecule has 0 aliphatic carbocycles. The van der Waals surface area contributed by atoms with Crippen molar-refractivity contribution in [3.63, 3.8) is 0 Å². The maximum absolute atomic E-state index is 12.5. The first-order chi connectivity index (χ1) is 13.5. The Kier molecular flexibility index (Phi) is 7.67. The third-order valence-corrected chi connectivity index (χ3v) is 6.22. The van der Waals surface area contributed by atoms with Gasteiger partial charge in [0.1, 0.15) is 6.54 Å². The van der Waals surface area contributed by atoms with Crippen molar-refractivity contribution in [1.29, 1.82) is 0 Å². The molecule has 29 heavy (non-hydrogen) atoms. The highest BCUT2D eigenvalue weighted by Crippen LogP contribution is 2.25. The number of nitrogens with zero attached hydrogens (tertiary/aromatic N) is 1. The summed E-state index contributed by atoms with van der Waals surface area (Å²) in [5.41, 5.74) is 1.60. The summed E-state index contributed by atoms with van der Waals surface area (Å²) < 4.78 is 31.2. The van der Waals surface area contributed by atoms with E-state index in [1.807, 2.05) is 6.92 Å². The van der Waals surface area contributed by atoms with Crippen molar-refractivity contribution in [3.05, 3.63) is 57.0 Å². The summed E-state index contributed by atoms with van der Waals surface area (Å²) in [5.74, 6) is -1.19. The van der Waals surface area contributed by atoms with E-state index in [2.05, 4.69) is 21.2 Å². The summed E-state index contributed by atoms with van der Waals surface area (Å²) in [6, 6.07) is 9.33. The number of anilines is 2. The summed E-state index contributed by atoms with van der Waals surface area (Å²) in [6.45, 7) is 3.23. The van der Waals surface area contributed by atoms with Gasteiger partial charge in [0.15, 0.2) is 0 Å². The van der Waals surface area contributed by atoms with Crippen LogP contribution >= 0.6 is 27.5 Å². The first-order valence-electron chi connectivity index (χ1n) is 8.53. The van der Waals surface area contributed by atoms with E-state index in [9.17, 15) is 18.0 Å². The Labute approximate surface area is 183 Å². The number of carbonyl (C=O) groups is 2. The smallest absolute Gasteiger partial charge is 0.339 e. The zero-order valence-corrected chi connectivity index (χ0v) is 19.2. The minimum atomic E-state index is -3.71. The molecule has 2 aromatic carbocycles. The molecule has 0 aliphatic heterocycles. The van der Waals surface area contributed by atoms with E-state index < -0.39 is 28.4 Å². The molecule has 7 nitrogen and oxygen atoms in total. The molecule has 0 radical (unpaired) electrons. The van der Waals surface area contributed by atoms with E-state index in [1.165, 1.54) is 18.2 Å². The molecule has 0 atom stereocenters. The molecular formula is C19H20BrClN2O5S. The van der Waals surface area contributed by atoms with Crippen molar-refractivity contribution in [2.24, 2.45) is 0 Å². The van der Waals surface area contributed by atoms with Gasteiger partial charge in [0.2, 0.25) is 15.9 Å². The first kappa shape index (κ1) is 23.2. The highest BCUT2D eigenvalue weighted by Gasteiger charge is 2.22. The van der Waals surface area contributed by atoms with E-state index in [4.69, 9.17) is 16.3 Å². The molecule has 2 aromatic rings. The van der Waals surface area contributed by atoms with E-state index in [0.717, 1.165) is 20.6 Å². The molecule has 0 heterocycles. The van der Waals surface area contributed by atoms with Gasteiger partial charge in [-0.1, -0.05) is 27.5 Å². The second-order valence-electron chi connectivity index (χ2n) is 6.17. The normalized spacial score (nSPS) is 11.1. The maximum Gasteiger partial charge on any atom is 0.339 e. The lowest BCUT2D eigenvalue weighted by molar-refractivity contribution is -0.114. The van der Waals surface area contributed by atoms with Crippen molar-refractivity contribution in [2.75, 3.05) is 29.0 Å². The Morgan fingerprint density at radius 3 is 2.48 bits per heavy atom. The van der Waals surface area contributed by atoms with E-state index in [-0.39, 0.29) is 17.2 Å². The van der Waals surface area contributed by atoms with Crippen LogP contribution in [-0.4, -0.2) is 39.7 Å². The first-order valence-corrected chi connectivity index (χ1v) is 11.5. The lowest BCUT2D eigenvalue weighted by Crippen LogP contribution is -2.37. The van der Waals surface area contributed by atoms with Crippen molar-refractivity contribution in [1.82, 2.24) is 0 Å². The summed E-state index contributed by atoms with van der Waals surface area (Å²) in [6.07, 6.45) is 1.03. The third-order valence-electron chi connectivity index (χ3n) is 3.86. The molecule has 0 saturated carbocycles.